The zero-order valence-corrected chi connectivity index (χ0v) is 37.2. The molecule has 4 aliphatic carbocycles. The molecule has 0 spiro atoms. The largest absolute Gasteiger partial charge is 0.481 e. The number of carbonyl (C=O) groups excluding carboxylic acids is 2. The van der Waals surface area contributed by atoms with Gasteiger partial charge in [0, 0.05) is 81.4 Å². The molecule has 0 saturated heterocycles. The van der Waals surface area contributed by atoms with Gasteiger partial charge < -0.3 is 29.9 Å². The van der Waals surface area contributed by atoms with E-state index in [9.17, 15) is 29.3 Å². The molecule has 0 radical (unpaired) electrons. The Morgan fingerprint density at radius 3 is 1.25 bits per heavy atom. The number of nitrogens with zero attached hydrogens (tertiary/aromatic N) is 4. The van der Waals surface area contributed by atoms with Crippen molar-refractivity contribution in [3.63, 3.8) is 0 Å². The molecule has 340 valence electrons. The van der Waals surface area contributed by atoms with E-state index in [1.165, 1.54) is 12.1 Å². The van der Waals surface area contributed by atoms with Crippen molar-refractivity contribution < 1.29 is 77.5 Å². The van der Waals surface area contributed by atoms with Gasteiger partial charge in [-0.3, -0.25) is 29.3 Å². The number of nitro groups is 1. The molecule has 8 rings (SSSR count). The number of carboxylic acid groups (broad SMARTS) is 2. The van der Waals surface area contributed by atoms with E-state index >= 15 is 0 Å². The van der Waals surface area contributed by atoms with Crippen LogP contribution in [0, 0.1) is 45.1 Å². The van der Waals surface area contributed by atoms with Crippen LogP contribution in [0.1, 0.15) is 120 Å². The summed E-state index contributed by atoms with van der Waals surface area (Å²) >= 11 is 0. The minimum absolute atomic E-state index is 0. The Morgan fingerprint density at radius 1 is 0.619 bits per heavy atom. The van der Waals surface area contributed by atoms with Gasteiger partial charge in [-0.15, -0.1) is 0 Å². The monoisotopic (exact) mass is 950 g/mol. The summed E-state index contributed by atoms with van der Waals surface area (Å²) in [5.41, 5.74) is 3.54. The van der Waals surface area contributed by atoms with Gasteiger partial charge in [0.1, 0.15) is 11.4 Å². The molecule has 0 unspecified atom stereocenters. The number of rotatable bonds is 11. The van der Waals surface area contributed by atoms with E-state index in [0.717, 1.165) is 114 Å². The van der Waals surface area contributed by atoms with Crippen molar-refractivity contribution in [2.24, 2.45) is 23.7 Å². The Hall–Kier alpha value is -5.33. The van der Waals surface area contributed by atoms with Crippen LogP contribution in [0.4, 0.5) is 5.69 Å². The summed E-state index contributed by atoms with van der Waals surface area (Å²) in [5, 5.41) is 50.0. The number of aromatic nitrogens is 2. The van der Waals surface area contributed by atoms with Gasteiger partial charge in [-0.25, -0.2) is 0 Å². The molecule has 4 N–H and O–H groups in total. The number of nitro benzene ring substituents is 1. The summed E-state index contributed by atoms with van der Waals surface area (Å²) in [6, 6.07) is 18.9. The number of carboxylic acids is 2. The molecule has 18 heteroatoms. The van der Waals surface area contributed by atoms with Gasteiger partial charge >= 0.3 is 11.9 Å². The van der Waals surface area contributed by atoms with Gasteiger partial charge in [-0.1, -0.05) is 73.8 Å². The molecule has 4 aromatic rings. The molecule has 4 fully saturated rings. The minimum atomic E-state index is -0.609. The predicted molar refractivity (Wildman–Crippen MR) is 222 cm³/mol. The van der Waals surface area contributed by atoms with Crippen LogP contribution < -0.4 is 10.6 Å². The Labute approximate surface area is 387 Å². The van der Waals surface area contributed by atoms with Crippen LogP contribution in [0.15, 0.2) is 69.7 Å². The summed E-state index contributed by atoms with van der Waals surface area (Å²) in [5.74, 6) is 0.378. The summed E-state index contributed by atoms with van der Waals surface area (Å²) in [7, 11) is 0. The number of aliphatic carboxylic acids is 2. The number of amides is 2. The van der Waals surface area contributed by atoms with Crippen LogP contribution in [0.25, 0.3) is 22.5 Å². The third-order valence-corrected chi connectivity index (χ3v) is 11.5. The fraction of sp³-hybridized carbons (Fsp3) is 0.489. The number of non-ortho nitro benzene ring substituents is 1. The minimum Gasteiger partial charge on any atom is -0.481 e. The van der Waals surface area contributed by atoms with Crippen molar-refractivity contribution in [2.45, 2.75) is 116 Å². The summed E-state index contributed by atoms with van der Waals surface area (Å²) in [6.45, 7) is 0.661. The Bertz CT molecular complexity index is 2070. The molecule has 0 bridgehead atoms. The molecule has 63 heavy (non-hydrogen) atoms. The first-order chi connectivity index (χ1) is 29.5. The van der Waals surface area contributed by atoms with E-state index < -0.39 is 16.9 Å². The van der Waals surface area contributed by atoms with Crippen LogP contribution in [-0.4, -0.2) is 49.2 Å². The fourth-order valence-corrected chi connectivity index (χ4v) is 7.89. The number of nitrogens with one attached hydrogen (secondary N) is 2. The Kier molecular flexibility index (Phi) is 22.3. The second-order valence-electron chi connectivity index (χ2n) is 15.9. The van der Waals surface area contributed by atoms with E-state index in [-0.39, 0.29) is 75.3 Å². The van der Waals surface area contributed by atoms with Crippen LogP contribution >= 0.6 is 0 Å². The maximum Gasteiger partial charge on any atom is 0.306 e. The second-order valence-corrected chi connectivity index (χ2v) is 15.9. The van der Waals surface area contributed by atoms with Crippen LogP contribution in [-0.2, 0) is 66.4 Å². The third-order valence-electron chi connectivity index (χ3n) is 11.5. The number of nitriles is 1. The molecule has 2 amide bonds. The summed E-state index contributed by atoms with van der Waals surface area (Å²) in [6.07, 6.45) is 16.4. The fourth-order valence-electron chi connectivity index (χ4n) is 7.89. The SMILES string of the molecule is N#Cc1ccc(-c2cc(CNC(=O)C3CCCC3)on2)cc1.O=C(NCc1cc(-c2ccc([N+](=O)[O-])cc2)no1)C1CCCC1.O=C(O)C1CCCC1.O=C(O)C1CCCC1.[Fe].[Fe]. The van der Waals surface area contributed by atoms with E-state index in [0.29, 0.717) is 41.6 Å². The average molecular weight is 951 g/mol. The zero-order valence-electron chi connectivity index (χ0n) is 35.0. The van der Waals surface area contributed by atoms with Gasteiger partial charge in [0.2, 0.25) is 11.8 Å². The van der Waals surface area contributed by atoms with Crippen molar-refractivity contribution in [3.8, 4) is 28.6 Å². The molecule has 4 saturated carbocycles. The van der Waals surface area contributed by atoms with E-state index in [4.69, 9.17) is 24.5 Å². The quantitative estimate of drug-likeness (QED) is 0.0625. The first kappa shape index (κ1) is 52.0. The van der Waals surface area contributed by atoms with Crippen LogP contribution in [0.5, 0.6) is 0 Å². The number of hydrogen-bond acceptors (Lipinski definition) is 11. The normalized spacial score (nSPS) is 16.0. The van der Waals surface area contributed by atoms with E-state index in [2.05, 4.69) is 27.0 Å². The first-order valence-corrected chi connectivity index (χ1v) is 21.2. The van der Waals surface area contributed by atoms with E-state index in [1.807, 2.05) is 18.2 Å². The van der Waals surface area contributed by atoms with Gasteiger partial charge in [0.25, 0.3) is 5.69 Å². The van der Waals surface area contributed by atoms with Crippen molar-refractivity contribution in [2.75, 3.05) is 0 Å². The Morgan fingerprint density at radius 2 is 0.952 bits per heavy atom. The molecule has 16 nitrogen and oxygen atoms in total. The average Bonchev–Trinajstić information content (AvgIpc) is 4.13. The van der Waals surface area contributed by atoms with Crippen LogP contribution in [0.2, 0.25) is 0 Å². The second kappa shape index (κ2) is 27.0. The molecule has 0 atom stereocenters. The van der Waals surface area contributed by atoms with Gasteiger partial charge in [0.05, 0.1) is 41.5 Å². The van der Waals surface area contributed by atoms with Gasteiger partial charge in [-0.2, -0.15) is 5.26 Å². The summed E-state index contributed by atoms with van der Waals surface area (Å²) in [4.78, 5) is 54.5. The number of carbonyl (C=O) groups is 4. The molecular weight excluding hydrogens is 896 g/mol. The summed E-state index contributed by atoms with van der Waals surface area (Å²) < 4.78 is 10.5. The molecular formula is C45H54Fe2N6O10. The molecule has 2 heterocycles. The van der Waals surface area contributed by atoms with Crippen molar-refractivity contribution in [1.82, 2.24) is 20.9 Å². The van der Waals surface area contributed by atoms with Gasteiger partial charge in [0.15, 0.2) is 11.5 Å². The van der Waals surface area contributed by atoms with E-state index in [1.54, 1.807) is 30.3 Å². The van der Waals surface area contributed by atoms with Crippen LogP contribution in [0.3, 0.4) is 0 Å². The topological polar surface area (TPSA) is 252 Å². The third kappa shape index (κ3) is 16.7. The Balaban J connectivity index is 0.000000244. The molecule has 2 aromatic heterocycles. The predicted octanol–water partition coefficient (Wildman–Crippen LogP) is 8.59. The molecule has 2 aromatic carbocycles. The smallest absolute Gasteiger partial charge is 0.306 e. The molecule has 0 aliphatic heterocycles. The van der Waals surface area contributed by atoms with Crippen molar-refractivity contribution in [1.29, 1.82) is 5.26 Å². The standard InChI is InChI=1S/C17H17N3O2.C16H17N3O4.2C6H10O2.2Fe/c18-10-12-5-7-13(8-6-12)16-9-15(22-20-16)11-19-17(21)14-3-1-2-4-14;20-16(12-3-1-2-4-12)17-10-14-9-15(18-23-14)11-5-7-13(8-6-11)19(21)22;2*7-6(8)5-3-1-2-4-5;;/h5-9,14H,1-4,11H2,(H,19,21);5-9,12H,1-4,10H2,(H,17,20);2*5H,1-4H2,(H,7,8);;. The first-order valence-electron chi connectivity index (χ1n) is 21.2. The molecule has 4 aliphatic rings. The number of hydrogen-bond donors (Lipinski definition) is 4. The van der Waals surface area contributed by atoms with Crippen molar-refractivity contribution >= 4 is 29.4 Å². The maximum atomic E-state index is 12.0. The van der Waals surface area contributed by atoms with Crippen molar-refractivity contribution in [3.05, 3.63) is 87.9 Å². The number of benzene rings is 2. The van der Waals surface area contributed by atoms with Gasteiger partial charge in [-0.05, 0) is 75.6 Å². The zero-order chi connectivity index (χ0) is 43.6. The maximum absolute atomic E-state index is 12.0.